The molecule has 0 spiro atoms. The lowest BCUT2D eigenvalue weighted by Gasteiger charge is -2.16. The van der Waals surface area contributed by atoms with Gasteiger partial charge in [-0.25, -0.2) is 0 Å². The van der Waals surface area contributed by atoms with Gasteiger partial charge in [-0.2, -0.15) is 0 Å². The van der Waals surface area contributed by atoms with E-state index in [1.165, 1.54) is 5.56 Å². The molecule has 1 nitrogen and oxygen atoms in total. The topological polar surface area (TPSA) is 20.2 Å². The highest BCUT2D eigenvalue weighted by Gasteiger charge is 2.13. The molecule has 0 bridgehead atoms. The van der Waals surface area contributed by atoms with Crippen LogP contribution in [-0.4, -0.2) is 11.7 Å². The van der Waals surface area contributed by atoms with Crippen molar-refractivity contribution >= 4 is 39.1 Å². The molecule has 1 unspecified atom stereocenters. The van der Waals surface area contributed by atoms with Crippen LogP contribution in [-0.2, 0) is 12.8 Å². The summed E-state index contributed by atoms with van der Waals surface area (Å²) in [6.45, 7) is 0.120. The molecular weight excluding hydrogens is 359 g/mol. The van der Waals surface area contributed by atoms with E-state index in [1.807, 2.05) is 24.3 Å². The van der Waals surface area contributed by atoms with E-state index in [0.717, 1.165) is 16.5 Å². The van der Waals surface area contributed by atoms with Gasteiger partial charge >= 0.3 is 0 Å². The quantitative estimate of drug-likeness (QED) is 0.768. The van der Waals surface area contributed by atoms with Crippen molar-refractivity contribution in [1.29, 1.82) is 0 Å². The van der Waals surface area contributed by atoms with Gasteiger partial charge in [-0.3, -0.25) is 0 Å². The van der Waals surface area contributed by atoms with Crippen molar-refractivity contribution in [3.05, 3.63) is 68.1 Å². The Hall–Kier alpha value is -0.540. The average molecular weight is 374 g/mol. The molecule has 106 valence electrons. The van der Waals surface area contributed by atoms with Crippen molar-refractivity contribution in [3.8, 4) is 0 Å². The van der Waals surface area contributed by atoms with Gasteiger partial charge in [0, 0.05) is 11.1 Å². The number of hydrogen-bond donors (Lipinski definition) is 1. The van der Waals surface area contributed by atoms with Crippen LogP contribution in [0.25, 0.3) is 0 Å². The second-order valence-corrected chi connectivity index (χ2v) is 6.50. The monoisotopic (exact) mass is 372 g/mol. The number of halogens is 3. The van der Waals surface area contributed by atoms with Gasteiger partial charge in [0.1, 0.15) is 0 Å². The molecule has 0 aliphatic rings. The number of benzene rings is 2. The lowest BCUT2D eigenvalue weighted by Crippen LogP contribution is -2.13. The molecule has 0 saturated carbocycles. The van der Waals surface area contributed by atoms with Crippen LogP contribution in [0.15, 0.2) is 46.9 Å². The minimum atomic E-state index is 0.120. The summed E-state index contributed by atoms with van der Waals surface area (Å²) in [5, 5.41) is 10.7. The molecule has 4 heteroatoms. The van der Waals surface area contributed by atoms with Gasteiger partial charge in [-0.15, -0.1) is 0 Å². The molecule has 2 aromatic rings. The van der Waals surface area contributed by atoms with Crippen LogP contribution in [0, 0.1) is 5.92 Å². The van der Waals surface area contributed by atoms with Crippen LogP contribution in [0.2, 0.25) is 10.0 Å². The van der Waals surface area contributed by atoms with E-state index in [2.05, 4.69) is 28.1 Å². The Morgan fingerprint density at radius 1 is 1.05 bits per heavy atom. The summed E-state index contributed by atoms with van der Waals surface area (Å²) in [4.78, 5) is 0. The molecule has 20 heavy (non-hydrogen) atoms. The smallest absolute Gasteiger partial charge is 0.0624 e. The molecule has 1 N–H and O–H groups in total. The fourth-order valence-electron chi connectivity index (χ4n) is 2.22. The van der Waals surface area contributed by atoms with Gasteiger partial charge in [0.25, 0.3) is 0 Å². The molecule has 0 aliphatic carbocycles. The lowest BCUT2D eigenvalue weighted by atomic mass is 9.93. The summed E-state index contributed by atoms with van der Waals surface area (Å²) in [7, 11) is 0. The molecule has 2 aromatic carbocycles. The van der Waals surface area contributed by atoms with E-state index >= 15 is 0 Å². The second-order valence-electron chi connectivity index (χ2n) is 4.80. The maximum atomic E-state index is 9.59. The second kappa shape index (κ2) is 7.46. The predicted molar refractivity (Wildman–Crippen MR) is 88.6 cm³/mol. The van der Waals surface area contributed by atoms with Crippen LogP contribution in [0.4, 0.5) is 0 Å². The first-order valence-corrected chi connectivity index (χ1v) is 7.93. The molecule has 0 saturated heterocycles. The van der Waals surface area contributed by atoms with E-state index < -0.39 is 0 Å². The fraction of sp³-hybridized carbons (Fsp3) is 0.250. The highest BCUT2D eigenvalue weighted by atomic mass is 79.9. The minimum Gasteiger partial charge on any atom is -0.396 e. The average Bonchev–Trinajstić information content (AvgIpc) is 2.43. The molecule has 1 atom stereocenters. The summed E-state index contributed by atoms with van der Waals surface area (Å²) in [6, 6.07) is 13.7. The maximum Gasteiger partial charge on any atom is 0.0624 e. The molecule has 0 radical (unpaired) electrons. The third-order valence-corrected chi connectivity index (χ3v) is 4.56. The maximum absolute atomic E-state index is 9.59. The Labute approximate surface area is 137 Å². The van der Waals surface area contributed by atoms with E-state index in [1.54, 1.807) is 6.07 Å². The molecular formula is C16H15BrCl2O. The standard InChI is InChI=1S/C16H15BrCl2O/c17-14-5-1-3-11(9-14)7-12(10-20)8-13-4-2-6-15(18)16(13)19/h1-6,9,12,20H,7-8,10H2. The first kappa shape index (κ1) is 15.8. The van der Waals surface area contributed by atoms with E-state index in [4.69, 9.17) is 23.2 Å². The van der Waals surface area contributed by atoms with E-state index in [9.17, 15) is 5.11 Å². The van der Waals surface area contributed by atoms with Gasteiger partial charge < -0.3 is 5.11 Å². The van der Waals surface area contributed by atoms with Gasteiger partial charge in [0.2, 0.25) is 0 Å². The van der Waals surface area contributed by atoms with Crippen molar-refractivity contribution in [3.63, 3.8) is 0 Å². The van der Waals surface area contributed by atoms with Crippen molar-refractivity contribution in [2.24, 2.45) is 5.92 Å². The molecule has 0 aliphatic heterocycles. The fourth-order valence-corrected chi connectivity index (χ4v) is 3.06. The van der Waals surface area contributed by atoms with Gasteiger partial charge in [0.05, 0.1) is 10.0 Å². The van der Waals surface area contributed by atoms with Crippen molar-refractivity contribution < 1.29 is 5.11 Å². The zero-order valence-electron chi connectivity index (χ0n) is 10.8. The van der Waals surface area contributed by atoms with Gasteiger partial charge in [0.15, 0.2) is 0 Å². The Morgan fingerprint density at radius 3 is 2.50 bits per heavy atom. The molecule has 0 aromatic heterocycles. The summed E-state index contributed by atoms with van der Waals surface area (Å²) in [5.41, 5.74) is 2.17. The normalized spacial score (nSPS) is 12.4. The van der Waals surface area contributed by atoms with E-state index in [-0.39, 0.29) is 12.5 Å². The summed E-state index contributed by atoms with van der Waals surface area (Å²) in [5.74, 6) is 0.125. The summed E-state index contributed by atoms with van der Waals surface area (Å²) >= 11 is 15.7. The summed E-state index contributed by atoms with van der Waals surface area (Å²) < 4.78 is 1.05. The van der Waals surface area contributed by atoms with Crippen molar-refractivity contribution in [1.82, 2.24) is 0 Å². The third kappa shape index (κ3) is 4.23. The Balaban J connectivity index is 2.11. The minimum absolute atomic E-state index is 0.120. The predicted octanol–water partition coefficient (Wildman–Crippen LogP) is 5.15. The Morgan fingerprint density at radius 2 is 1.80 bits per heavy atom. The number of hydrogen-bond acceptors (Lipinski definition) is 1. The Kier molecular flexibility index (Phi) is 5.91. The van der Waals surface area contributed by atoms with Crippen LogP contribution >= 0.6 is 39.1 Å². The van der Waals surface area contributed by atoms with Crippen LogP contribution in [0.5, 0.6) is 0 Å². The van der Waals surface area contributed by atoms with Crippen LogP contribution in [0.3, 0.4) is 0 Å². The number of aliphatic hydroxyl groups excluding tert-OH is 1. The van der Waals surface area contributed by atoms with Crippen LogP contribution in [0.1, 0.15) is 11.1 Å². The lowest BCUT2D eigenvalue weighted by molar-refractivity contribution is 0.225. The molecule has 0 heterocycles. The summed E-state index contributed by atoms with van der Waals surface area (Å²) in [6.07, 6.45) is 1.52. The van der Waals surface area contributed by atoms with Crippen molar-refractivity contribution in [2.75, 3.05) is 6.61 Å². The van der Waals surface area contributed by atoms with Gasteiger partial charge in [-0.05, 0) is 48.1 Å². The first-order chi connectivity index (χ1) is 9.60. The molecule has 0 fully saturated rings. The largest absolute Gasteiger partial charge is 0.396 e. The number of rotatable bonds is 5. The Bertz CT molecular complexity index is 586. The van der Waals surface area contributed by atoms with Gasteiger partial charge in [-0.1, -0.05) is 63.4 Å². The van der Waals surface area contributed by atoms with E-state index in [0.29, 0.717) is 16.5 Å². The third-order valence-electron chi connectivity index (χ3n) is 3.21. The molecule has 2 rings (SSSR count). The highest BCUT2D eigenvalue weighted by Crippen LogP contribution is 2.28. The van der Waals surface area contributed by atoms with Crippen LogP contribution < -0.4 is 0 Å². The first-order valence-electron chi connectivity index (χ1n) is 6.38. The zero-order valence-corrected chi connectivity index (χ0v) is 13.9. The zero-order chi connectivity index (χ0) is 14.5. The number of aliphatic hydroxyl groups is 1. The molecule has 0 amide bonds. The van der Waals surface area contributed by atoms with Crippen molar-refractivity contribution in [2.45, 2.75) is 12.8 Å². The SMILES string of the molecule is OCC(Cc1cccc(Br)c1)Cc1cccc(Cl)c1Cl. The highest BCUT2D eigenvalue weighted by molar-refractivity contribution is 9.10.